The molecule has 1 heterocycles. The van der Waals surface area contributed by atoms with Gasteiger partial charge in [0.15, 0.2) is 0 Å². The maximum absolute atomic E-state index is 13.6. The van der Waals surface area contributed by atoms with Crippen molar-refractivity contribution in [3.8, 4) is 0 Å². The third-order valence-electron chi connectivity index (χ3n) is 5.83. The Morgan fingerprint density at radius 1 is 0.923 bits per heavy atom. The van der Waals surface area contributed by atoms with Gasteiger partial charge < -0.3 is 0 Å². The molecule has 1 aliphatic carbocycles. The van der Waals surface area contributed by atoms with Gasteiger partial charge in [-0.2, -0.15) is 13.8 Å². The number of rotatable bonds is 7. The summed E-state index contributed by atoms with van der Waals surface area (Å²) in [4.78, 5) is 3.28. The number of unbranched alkanes of at least 4 members (excludes halogenated alkanes) is 1. The van der Waals surface area contributed by atoms with E-state index in [0.717, 1.165) is 6.42 Å². The van der Waals surface area contributed by atoms with Gasteiger partial charge in [-0.15, -0.1) is 0 Å². The van der Waals surface area contributed by atoms with Crippen molar-refractivity contribution >= 4 is 0 Å². The van der Waals surface area contributed by atoms with Crippen LogP contribution < -0.4 is 0 Å². The zero-order valence-electron chi connectivity index (χ0n) is 15.7. The zero-order valence-corrected chi connectivity index (χ0v) is 15.7. The van der Waals surface area contributed by atoms with Gasteiger partial charge in [0.25, 0.3) is 0 Å². The van der Waals surface area contributed by atoms with Crippen LogP contribution in [0.15, 0.2) is 36.4 Å². The summed E-state index contributed by atoms with van der Waals surface area (Å²) >= 11 is 0. The number of hydrogen-bond donors (Lipinski definition) is 0. The fraction of sp³-hybridized carbons (Fsp3) is 0.522. The maximum atomic E-state index is 13.6. The molecule has 0 radical (unpaired) electrons. The molecule has 0 bridgehead atoms. The smallest absolute Gasteiger partial charge is 0.190 e. The van der Waals surface area contributed by atoms with E-state index in [2.05, 4.69) is 36.2 Å². The number of aryl methyl sites for hydroxylation is 2. The third kappa shape index (κ3) is 5.12. The summed E-state index contributed by atoms with van der Waals surface area (Å²) in [5.74, 6) is -0.0930. The maximum Gasteiger partial charge on any atom is 0.218 e. The molecule has 26 heavy (non-hydrogen) atoms. The van der Waals surface area contributed by atoms with Crippen molar-refractivity contribution in [2.24, 2.45) is 5.92 Å². The van der Waals surface area contributed by atoms with E-state index in [9.17, 15) is 8.78 Å². The highest BCUT2D eigenvalue weighted by Crippen LogP contribution is 2.37. The predicted octanol–water partition coefficient (Wildman–Crippen LogP) is 6.61. The Labute approximate surface area is 155 Å². The molecule has 0 amide bonds. The normalized spacial score (nSPS) is 20.3. The first kappa shape index (κ1) is 19.0. The minimum absolute atomic E-state index is 0.538. The third-order valence-corrected chi connectivity index (χ3v) is 5.83. The topological polar surface area (TPSA) is 12.9 Å². The first-order valence-corrected chi connectivity index (χ1v) is 10.1. The van der Waals surface area contributed by atoms with Crippen molar-refractivity contribution in [3.05, 3.63) is 65.0 Å². The van der Waals surface area contributed by atoms with Crippen molar-refractivity contribution in [2.45, 2.75) is 70.6 Å². The predicted molar refractivity (Wildman–Crippen MR) is 102 cm³/mol. The molecule has 1 aromatic heterocycles. The van der Waals surface area contributed by atoms with Gasteiger partial charge in [0.05, 0.1) is 0 Å². The first-order chi connectivity index (χ1) is 12.7. The molecule has 1 saturated carbocycles. The molecule has 0 N–H and O–H groups in total. The molecule has 0 aliphatic heterocycles. The van der Waals surface area contributed by atoms with Crippen LogP contribution in [0.25, 0.3) is 0 Å². The number of halogens is 2. The number of benzene rings is 1. The molecule has 1 aromatic carbocycles. The average molecular weight is 357 g/mol. The van der Waals surface area contributed by atoms with Gasteiger partial charge in [-0.05, 0) is 86.5 Å². The Balaban J connectivity index is 1.46. The molecule has 140 valence electrons. The summed E-state index contributed by atoms with van der Waals surface area (Å²) in [6.45, 7) is 2.23. The molecule has 0 spiro atoms. The zero-order chi connectivity index (χ0) is 18.4. The summed E-state index contributed by atoms with van der Waals surface area (Å²) in [5, 5.41) is 0. The van der Waals surface area contributed by atoms with Crippen molar-refractivity contribution < 1.29 is 8.78 Å². The number of hydrogen-bond acceptors (Lipinski definition) is 1. The molecule has 1 aliphatic rings. The second kappa shape index (κ2) is 9.25. The Bertz CT molecular complexity index is 688. The highest BCUT2D eigenvalue weighted by molar-refractivity contribution is 5.26. The van der Waals surface area contributed by atoms with E-state index in [1.54, 1.807) is 0 Å². The number of pyridine rings is 1. The van der Waals surface area contributed by atoms with Crippen LogP contribution in [-0.4, -0.2) is 4.98 Å². The van der Waals surface area contributed by atoms with Crippen molar-refractivity contribution in [2.75, 3.05) is 0 Å². The largest absolute Gasteiger partial charge is 0.218 e. The molecule has 3 rings (SSSR count). The van der Waals surface area contributed by atoms with Gasteiger partial charge in [-0.25, -0.2) is 0 Å². The molecule has 0 saturated heterocycles. The van der Waals surface area contributed by atoms with Crippen molar-refractivity contribution in [1.29, 1.82) is 0 Å². The van der Waals surface area contributed by atoms with E-state index in [-0.39, 0.29) is 0 Å². The highest BCUT2D eigenvalue weighted by atomic mass is 19.1. The second-order valence-corrected chi connectivity index (χ2v) is 7.69. The molecule has 2 aromatic rings. The number of aromatic nitrogens is 1. The van der Waals surface area contributed by atoms with E-state index >= 15 is 0 Å². The minimum atomic E-state index is -0.743. The monoisotopic (exact) mass is 357 g/mol. The van der Waals surface area contributed by atoms with Crippen LogP contribution in [0.1, 0.15) is 74.5 Å². The van der Waals surface area contributed by atoms with Crippen LogP contribution >= 0.6 is 0 Å². The van der Waals surface area contributed by atoms with Crippen molar-refractivity contribution in [1.82, 2.24) is 4.98 Å². The van der Waals surface area contributed by atoms with Crippen LogP contribution in [-0.2, 0) is 12.8 Å². The lowest BCUT2D eigenvalue weighted by atomic mass is 9.77. The average Bonchev–Trinajstić information content (AvgIpc) is 2.66. The fourth-order valence-electron chi connectivity index (χ4n) is 4.11. The van der Waals surface area contributed by atoms with E-state index in [4.69, 9.17) is 0 Å². The molecule has 1 nitrogen and oxygen atoms in total. The number of nitrogens with zero attached hydrogens (tertiary/aromatic N) is 1. The summed E-state index contributed by atoms with van der Waals surface area (Å²) < 4.78 is 26.5. The Morgan fingerprint density at radius 3 is 2.31 bits per heavy atom. The van der Waals surface area contributed by atoms with Crippen LogP contribution in [0, 0.1) is 17.8 Å². The Kier molecular flexibility index (Phi) is 6.76. The lowest BCUT2D eigenvalue weighted by Gasteiger charge is -2.29. The summed E-state index contributed by atoms with van der Waals surface area (Å²) in [6.07, 6.45) is 10.1. The second-order valence-electron chi connectivity index (χ2n) is 7.69. The lowest BCUT2D eigenvalue weighted by Crippen LogP contribution is -2.14. The summed E-state index contributed by atoms with van der Waals surface area (Å²) in [5.41, 5.74) is 3.45. The van der Waals surface area contributed by atoms with E-state index < -0.39 is 11.9 Å². The standard InChI is InChI=1S/C23H29F2N/c1-2-3-4-17-5-10-19(11-6-17)20-12-7-18(8-13-20)9-14-21-15-16-22(24)26-23(21)25/h5-6,10-11,15-16,18,20H,2-4,7-9,12-14H2,1H3. The van der Waals surface area contributed by atoms with Gasteiger partial charge in [-0.3, -0.25) is 0 Å². The van der Waals surface area contributed by atoms with Gasteiger partial charge >= 0.3 is 0 Å². The SMILES string of the molecule is CCCCc1ccc(C2CCC(CCc3ccc(F)nc3F)CC2)cc1. The summed E-state index contributed by atoms with van der Waals surface area (Å²) in [7, 11) is 0. The van der Waals surface area contributed by atoms with E-state index in [1.165, 1.54) is 68.2 Å². The molecule has 1 fully saturated rings. The molecule has 0 atom stereocenters. The van der Waals surface area contributed by atoms with Gasteiger partial charge in [-0.1, -0.05) is 37.6 Å². The van der Waals surface area contributed by atoms with E-state index in [1.807, 2.05) is 0 Å². The Hall–Kier alpha value is -1.77. The van der Waals surface area contributed by atoms with Crippen LogP contribution in [0.2, 0.25) is 0 Å². The Morgan fingerprint density at radius 2 is 1.65 bits per heavy atom. The molecular formula is C23H29F2N. The van der Waals surface area contributed by atoms with Crippen LogP contribution in [0.4, 0.5) is 8.78 Å². The lowest BCUT2D eigenvalue weighted by molar-refractivity contribution is 0.309. The van der Waals surface area contributed by atoms with Crippen LogP contribution in [0.3, 0.4) is 0 Å². The van der Waals surface area contributed by atoms with Gasteiger partial charge in [0.1, 0.15) is 0 Å². The minimum Gasteiger partial charge on any atom is -0.190 e. The van der Waals surface area contributed by atoms with Gasteiger partial charge in [0, 0.05) is 5.56 Å². The first-order valence-electron chi connectivity index (χ1n) is 10.1. The highest BCUT2D eigenvalue weighted by Gasteiger charge is 2.22. The molecular weight excluding hydrogens is 328 g/mol. The quantitative estimate of drug-likeness (QED) is 0.508. The van der Waals surface area contributed by atoms with E-state index in [0.29, 0.717) is 23.8 Å². The van der Waals surface area contributed by atoms with Crippen LogP contribution in [0.5, 0.6) is 0 Å². The van der Waals surface area contributed by atoms with Gasteiger partial charge in [0.2, 0.25) is 11.9 Å². The van der Waals surface area contributed by atoms with Crippen molar-refractivity contribution in [3.63, 3.8) is 0 Å². The fourth-order valence-corrected chi connectivity index (χ4v) is 4.11. The molecule has 3 heteroatoms. The molecule has 0 unspecified atom stereocenters. The summed E-state index contributed by atoms with van der Waals surface area (Å²) in [6, 6.07) is 12.0.